The number of carbonyl (C=O) groups excluding carboxylic acids is 1. The summed E-state index contributed by atoms with van der Waals surface area (Å²) in [7, 11) is 0. The summed E-state index contributed by atoms with van der Waals surface area (Å²) in [4.78, 5) is 22.1. The van der Waals surface area contributed by atoms with Crippen molar-refractivity contribution in [3.05, 3.63) is 23.8 Å². The van der Waals surface area contributed by atoms with Crippen LogP contribution in [0.1, 0.15) is 59.1 Å². The Kier molecular flexibility index (Phi) is 5.95. The Morgan fingerprint density at radius 2 is 2.07 bits per heavy atom. The first-order valence-corrected chi connectivity index (χ1v) is 11.8. The van der Waals surface area contributed by atoms with Crippen LogP contribution in [0.15, 0.2) is 18.2 Å². The topological polar surface area (TPSA) is 54.9 Å². The van der Waals surface area contributed by atoms with Crippen LogP contribution in [0.5, 0.6) is 0 Å². The molecule has 4 rings (SSSR count). The van der Waals surface area contributed by atoms with E-state index in [-0.39, 0.29) is 12.1 Å². The molecule has 0 bridgehead atoms. The molecule has 1 aromatic heterocycles. The minimum absolute atomic E-state index is 0.0351. The molecule has 2 aliphatic heterocycles. The number of morpholine rings is 1. The minimum atomic E-state index is -0.495. The van der Waals surface area contributed by atoms with Gasteiger partial charge in [0.1, 0.15) is 5.60 Å². The van der Waals surface area contributed by atoms with E-state index in [1.54, 1.807) is 11.3 Å². The number of piperidine rings is 1. The largest absolute Gasteiger partial charge is 0.444 e. The van der Waals surface area contributed by atoms with E-state index in [9.17, 15) is 4.79 Å². The molecule has 2 aromatic rings. The first-order valence-electron chi connectivity index (χ1n) is 11.0. The number of hydrogen-bond donors (Lipinski definition) is 0. The molecule has 0 N–H and O–H groups in total. The fourth-order valence-electron chi connectivity index (χ4n) is 4.30. The van der Waals surface area contributed by atoms with Crippen LogP contribution < -0.4 is 4.90 Å². The quantitative estimate of drug-likeness (QED) is 0.652. The SMILES string of the molecule is CC1CCC(c2ccc3sc(N4CCOC[C@@H]4C)nc3c2)N(C(=O)OC(C)(C)C)C1. The molecule has 30 heavy (non-hydrogen) atoms. The van der Waals surface area contributed by atoms with Crippen molar-refractivity contribution in [3.8, 4) is 0 Å². The van der Waals surface area contributed by atoms with Gasteiger partial charge in [-0.2, -0.15) is 0 Å². The molecule has 7 heteroatoms. The Balaban J connectivity index is 1.61. The summed E-state index contributed by atoms with van der Waals surface area (Å²) in [5.41, 5.74) is 1.66. The van der Waals surface area contributed by atoms with Gasteiger partial charge in [-0.25, -0.2) is 9.78 Å². The number of benzene rings is 1. The van der Waals surface area contributed by atoms with Gasteiger partial charge in [-0.1, -0.05) is 24.3 Å². The fraction of sp³-hybridized carbons (Fsp3) is 0.652. The van der Waals surface area contributed by atoms with Gasteiger partial charge in [-0.3, -0.25) is 0 Å². The van der Waals surface area contributed by atoms with E-state index < -0.39 is 5.60 Å². The number of carbonyl (C=O) groups is 1. The second kappa shape index (κ2) is 8.35. The monoisotopic (exact) mass is 431 g/mol. The summed E-state index contributed by atoms with van der Waals surface area (Å²) >= 11 is 1.73. The maximum absolute atomic E-state index is 12.9. The normalized spacial score (nSPS) is 25.6. The zero-order valence-electron chi connectivity index (χ0n) is 18.7. The van der Waals surface area contributed by atoms with Gasteiger partial charge in [-0.05, 0) is 64.2 Å². The molecule has 0 aliphatic carbocycles. The van der Waals surface area contributed by atoms with Crippen molar-refractivity contribution in [1.82, 2.24) is 9.88 Å². The third-order valence-corrected chi connectivity index (χ3v) is 6.92. The number of aromatic nitrogens is 1. The first kappa shape index (κ1) is 21.4. The molecule has 1 amide bonds. The zero-order valence-corrected chi connectivity index (χ0v) is 19.5. The van der Waals surface area contributed by atoms with E-state index in [1.807, 2.05) is 25.7 Å². The number of hydrogen-bond acceptors (Lipinski definition) is 6. The van der Waals surface area contributed by atoms with E-state index in [2.05, 4.69) is 36.9 Å². The Morgan fingerprint density at radius 1 is 1.27 bits per heavy atom. The Bertz CT molecular complexity index is 907. The number of thiazole rings is 1. The van der Waals surface area contributed by atoms with Gasteiger partial charge < -0.3 is 19.3 Å². The van der Waals surface area contributed by atoms with Gasteiger partial charge >= 0.3 is 6.09 Å². The highest BCUT2D eigenvalue weighted by atomic mass is 32.1. The van der Waals surface area contributed by atoms with Crippen LogP contribution >= 0.6 is 11.3 Å². The second-order valence-electron chi connectivity index (χ2n) is 9.67. The van der Waals surface area contributed by atoms with E-state index in [1.165, 1.54) is 4.70 Å². The number of anilines is 1. The number of amides is 1. The predicted molar refractivity (Wildman–Crippen MR) is 121 cm³/mol. The molecule has 3 atom stereocenters. The summed E-state index contributed by atoms with van der Waals surface area (Å²) in [6.45, 7) is 13.2. The van der Waals surface area contributed by atoms with Crippen molar-refractivity contribution in [3.63, 3.8) is 0 Å². The van der Waals surface area contributed by atoms with Crippen molar-refractivity contribution in [2.75, 3.05) is 31.2 Å². The van der Waals surface area contributed by atoms with E-state index in [4.69, 9.17) is 14.5 Å². The molecular formula is C23H33N3O3S. The number of ether oxygens (including phenoxy) is 2. The first-order chi connectivity index (χ1) is 14.2. The van der Waals surface area contributed by atoms with Gasteiger partial charge in [0.25, 0.3) is 0 Å². The van der Waals surface area contributed by atoms with E-state index >= 15 is 0 Å². The standard InChI is InChI=1S/C23H33N3O3S/c1-15-6-8-19(26(13-15)22(27)29-23(3,4)5)17-7-9-20-18(12-17)24-21(30-20)25-10-11-28-14-16(25)2/h7,9,12,15-16,19H,6,8,10-11,13-14H2,1-5H3/t15?,16-,19?/m0/s1. The van der Waals surface area contributed by atoms with Gasteiger partial charge in [0.15, 0.2) is 5.13 Å². The van der Waals surface area contributed by atoms with Gasteiger partial charge in [0, 0.05) is 13.1 Å². The highest BCUT2D eigenvalue weighted by Gasteiger charge is 2.34. The lowest BCUT2D eigenvalue weighted by Gasteiger charge is -2.39. The van der Waals surface area contributed by atoms with Crippen LogP contribution in [0.2, 0.25) is 0 Å². The smallest absolute Gasteiger partial charge is 0.410 e. The fourth-order valence-corrected chi connectivity index (χ4v) is 5.37. The summed E-state index contributed by atoms with van der Waals surface area (Å²) in [5, 5.41) is 1.05. The van der Waals surface area contributed by atoms with Crippen LogP contribution in [0.25, 0.3) is 10.2 Å². The third-order valence-electron chi connectivity index (χ3n) is 5.84. The lowest BCUT2D eigenvalue weighted by molar-refractivity contribution is 0.00365. The summed E-state index contributed by atoms with van der Waals surface area (Å²) in [6, 6.07) is 6.85. The van der Waals surface area contributed by atoms with Crippen LogP contribution in [-0.4, -0.2) is 53.9 Å². The van der Waals surface area contributed by atoms with Gasteiger partial charge in [-0.15, -0.1) is 0 Å². The summed E-state index contributed by atoms with van der Waals surface area (Å²) in [5.74, 6) is 0.478. The highest BCUT2D eigenvalue weighted by Crippen LogP contribution is 2.37. The molecule has 0 saturated carbocycles. The van der Waals surface area contributed by atoms with Crippen LogP contribution in [0.4, 0.5) is 9.93 Å². The van der Waals surface area contributed by atoms with Crippen molar-refractivity contribution in [1.29, 1.82) is 0 Å². The number of rotatable bonds is 2. The number of likely N-dealkylation sites (tertiary alicyclic amines) is 1. The summed E-state index contributed by atoms with van der Waals surface area (Å²) in [6.07, 6.45) is 1.83. The average Bonchev–Trinajstić information content (AvgIpc) is 3.10. The molecule has 2 aliphatic rings. The average molecular weight is 432 g/mol. The molecule has 6 nitrogen and oxygen atoms in total. The third kappa shape index (κ3) is 4.57. The van der Waals surface area contributed by atoms with Crippen LogP contribution in [-0.2, 0) is 9.47 Å². The summed E-state index contributed by atoms with van der Waals surface area (Å²) < 4.78 is 12.5. The van der Waals surface area contributed by atoms with E-state index in [0.29, 0.717) is 12.0 Å². The van der Waals surface area contributed by atoms with Crippen molar-refractivity contribution < 1.29 is 14.3 Å². The van der Waals surface area contributed by atoms with Gasteiger partial charge in [0.05, 0.1) is 35.5 Å². The molecule has 2 saturated heterocycles. The Hall–Kier alpha value is -1.86. The lowest BCUT2D eigenvalue weighted by atomic mass is 9.90. The lowest BCUT2D eigenvalue weighted by Crippen LogP contribution is -2.44. The number of nitrogens with zero attached hydrogens (tertiary/aromatic N) is 3. The van der Waals surface area contributed by atoms with Gasteiger partial charge in [0.2, 0.25) is 0 Å². The number of fused-ring (bicyclic) bond motifs is 1. The molecule has 2 unspecified atom stereocenters. The van der Waals surface area contributed by atoms with Crippen molar-refractivity contribution in [2.24, 2.45) is 5.92 Å². The van der Waals surface area contributed by atoms with Crippen molar-refractivity contribution >= 4 is 32.8 Å². The van der Waals surface area contributed by atoms with E-state index in [0.717, 1.165) is 55.4 Å². The molecule has 1 aromatic carbocycles. The molecular weight excluding hydrogens is 398 g/mol. The molecule has 0 radical (unpaired) electrons. The van der Waals surface area contributed by atoms with Crippen LogP contribution in [0, 0.1) is 5.92 Å². The van der Waals surface area contributed by atoms with Crippen molar-refractivity contribution in [2.45, 2.75) is 65.1 Å². The molecule has 3 heterocycles. The molecule has 2 fully saturated rings. The second-order valence-corrected chi connectivity index (χ2v) is 10.7. The zero-order chi connectivity index (χ0) is 21.5. The Labute approximate surface area is 183 Å². The maximum Gasteiger partial charge on any atom is 0.410 e. The molecule has 0 spiro atoms. The Morgan fingerprint density at radius 3 is 2.80 bits per heavy atom. The molecule has 164 valence electrons. The minimum Gasteiger partial charge on any atom is -0.444 e. The predicted octanol–water partition coefficient (Wildman–Crippen LogP) is 5.23. The van der Waals surface area contributed by atoms with Crippen LogP contribution in [0.3, 0.4) is 0 Å². The highest BCUT2D eigenvalue weighted by molar-refractivity contribution is 7.22. The maximum atomic E-state index is 12.9.